The minimum atomic E-state index is -0.841. The van der Waals surface area contributed by atoms with Gasteiger partial charge in [0.2, 0.25) is 11.8 Å². The van der Waals surface area contributed by atoms with E-state index in [9.17, 15) is 14.7 Å². The highest BCUT2D eigenvalue weighted by Crippen LogP contribution is 2.47. The number of carbonyl (C=O) groups excluding carboxylic acids is 2. The van der Waals surface area contributed by atoms with Crippen LogP contribution in [0.1, 0.15) is 69.8 Å². The molecule has 2 saturated heterocycles. The first-order valence-corrected chi connectivity index (χ1v) is 11.9. The highest BCUT2D eigenvalue weighted by molar-refractivity contribution is 5.98. The average molecular weight is 429 g/mol. The van der Waals surface area contributed by atoms with Crippen LogP contribution >= 0.6 is 0 Å². The Kier molecular flexibility index (Phi) is 6.68. The van der Waals surface area contributed by atoms with Gasteiger partial charge < -0.3 is 14.7 Å². The number of ether oxygens (including phenoxy) is 1. The van der Waals surface area contributed by atoms with Crippen LogP contribution < -0.4 is 4.74 Å². The van der Waals surface area contributed by atoms with Crippen LogP contribution in [-0.4, -0.2) is 60.0 Å². The van der Waals surface area contributed by atoms with E-state index in [0.717, 1.165) is 69.5 Å². The Labute approximate surface area is 185 Å². The maximum absolute atomic E-state index is 12.6. The summed E-state index contributed by atoms with van der Waals surface area (Å²) in [7, 11) is 1.64. The van der Waals surface area contributed by atoms with Gasteiger partial charge in [-0.15, -0.1) is 0 Å². The Balaban J connectivity index is 1.20. The smallest absolute Gasteiger partial charge is 0.229 e. The maximum atomic E-state index is 12.6. The van der Waals surface area contributed by atoms with Crippen LogP contribution in [0.5, 0.6) is 5.75 Å². The van der Waals surface area contributed by atoms with E-state index < -0.39 is 5.60 Å². The summed E-state index contributed by atoms with van der Waals surface area (Å²) in [6, 6.07) is 7.72. The van der Waals surface area contributed by atoms with Crippen molar-refractivity contribution in [1.29, 1.82) is 0 Å². The molecule has 0 atom stereocenters. The molecule has 1 aliphatic carbocycles. The second-order valence-electron chi connectivity index (χ2n) is 9.78. The van der Waals surface area contributed by atoms with Crippen molar-refractivity contribution in [1.82, 2.24) is 9.80 Å². The fraction of sp³-hybridized carbons (Fsp3) is 0.680. The van der Waals surface area contributed by atoms with Crippen LogP contribution in [0.15, 0.2) is 24.3 Å². The number of para-hydroxylation sites is 1. The van der Waals surface area contributed by atoms with Gasteiger partial charge in [-0.2, -0.15) is 0 Å². The number of benzene rings is 1. The van der Waals surface area contributed by atoms with Gasteiger partial charge in [0.25, 0.3) is 0 Å². The van der Waals surface area contributed by atoms with Crippen LogP contribution in [0.25, 0.3) is 0 Å². The van der Waals surface area contributed by atoms with Gasteiger partial charge >= 0.3 is 0 Å². The van der Waals surface area contributed by atoms with Crippen molar-refractivity contribution in [3.63, 3.8) is 0 Å². The fourth-order valence-electron chi connectivity index (χ4n) is 5.81. The van der Waals surface area contributed by atoms with Crippen molar-refractivity contribution < 1.29 is 19.4 Å². The first-order valence-electron chi connectivity index (χ1n) is 11.9. The number of piperidine rings is 2. The molecule has 2 aliphatic heterocycles. The minimum absolute atomic E-state index is 0.0172. The molecular formula is C25H36N2O4. The summed E-state index contributed by atoms with van der Waals surface area (Å²) in [5, 5.41) is 11.2. The van der Waals surface area contributed by atoms with E-state index >= 15 is 0 Å². The third kappa shape index (κ3) is 4.80. The van der Waals surface area contributed by atoms with Crippen LogP contribution in [0.2, 0.25) is 0 Å². The van der Waals surface area contributed by atoms with Gasteiger partial charge in [-0.1, -0.05) is 31.0 Å². The molecule has 3 aliphatic rings. The molecule has 1 spiro atoms. The summed E-state index contributed by atoms with van der Waals surface area (Å²) in [5.41, 5.74) is 0.0159. The van der Waals surface area contributed by atoms with E-state index in [0.29, 0.717) is 32.2 Å². The summed E-state index contributed by atoms with van der Waals surface area (Å²) in [5.74, 6) is 0.824. The summed E-state index contributed by atoms with van der Waals surface area (Å²) in [4.78, 5) is 29.0. The Morgan fingerprint density at radius 2 is 1.55 bits per heavy atom. The molecule has 31 heavy (non-hydrogen) atoms. The molecule has 1 N–H and O–H groups in total. The van der Waals surface area contributed by atoms with Crippen molar-refractivity contribution in [3.8, 4) is 5.75 Å². The molecule has 2 amide bonds. The molecule has 0 aromatic heterocycles. The Hall–Kier alpha value is -1.92. The normalized spacial score (nSPS) is 23.5. The van der Waals surface area contributed by atoms with Gasteiger partial charge in [-0.25, -0.2) is 0 Å². The van der Waals surface area contributed by atoms with Crippen molar-refractivity contribution in [2.75, 3.05) is 33.3 Å². The molecule has 2 heterocycles. The van der Waals surface area contributed by atoms with Crippen molar-refractivity contribution in [2.45, 2.75) is 69.8 Å². The number of aliphatic hydroxyl groups is 1. The summed E-state index contributed by atoms with van der Waals surface area (Å²) in [6.07, 6.45) is 8.66. The molecule has 0 radical (unpaired) electrons. The number of hydrogen-bond donors (Lipinski definition) is 1. The third-order valence-corrected chi connectivity index (χ3v) is 7.72. The highest BCUT2D eigenvalue weighted by atomic mass is 16.5. The van der Waals surface area contributed by atoms with Gasteiger partial charge in [0.15, 0.2) is 0 Å². The average Bonchev–Trinajstić information content (AvgIpc) is 3.21. The van der Waals surface area contributed by atoms with E-state index in [1.807, 2.05) is 24.3 Å². The molecule has 1 aromatic rings. The first-order chi connectivity index (χ1) is 14.9. The molecule has 0 bridgehead atoms. The predicted molar refractivity (Wildman–Crippen MR) is 119 cm³/mol. The summed E-state index contributed by atoms with van der Waals surface area (Å²) >= 11 is 0. The number of unbranched alkanes of at least 4 members (excludes halogenated alkanes) is 1. The Morgan fingerprint density at radius 3 is 2.19 bits per heavy atom. The molecule has 6 heteroatoms. The topological polar surface area (TPSA) is 70.1 Å². The molecule has 1 saturated carbocycles. The molecule has 4 rings (SSSR count). The number of likely N-dealkylation sites (tertiary alicyclic amines) is 2. The largest absolute Gasteiger partial charge is 0.496 e. The minimum Gasteiger partial charge on any atom is -0.496 e. The van der Waals surface area contributed by atoms with E-state index in [-0.39, 0.29) is 17.2 Å². The number of hydrogen-bond acceptors (Lipinski definition) is 5. The van der Waals surface area contributed by atoms with Crippen LogP contribution in [0, 0.1) is 5.41 Å². The lowest BCUT2D eigenvalue weighted by atomic mass is 9.76. The summed E-state index contributed by atoms with van der Waals surface area (Å²) in [6.45, 7) is 3.15. The van der Waals surface area contributed by atoms with Crippen LogP contribution in [-0.2, 0) is 15.2 Å². The molecule has 3 fully saturated rings. The van der Waals surface area contributed by atoms with Crippen molar-refractivity contribution >= 4 is 11.8 Å². The Bertz CT molecular complexity index is 774. The van der Waals surface area contributed by atoms with Crippen LogP contribution in [0.3, 0.4) is 0 Å². The molecule has 1 aromatic carbocycles. The fourth-order valence-corrected chi connectivity index (χ4v) is 5.81. The number of methoxy groups -OCH3 is 1. The van der Waals surface area contributed by atoms with E-state index in [2.05, 4.69) is 4.90 Å². The van der Waals surface area contributed by atoms with Gasteiger partial charge in [0.1, 0.15) is 5.75 Å². The second-order valence-corrected chi connectivity index (χ2v) is 9.78. The number of carbonyl (C=O) groups is 2. The lowest BCUT2D eigenvalue weighted by Crippen LogP contribution is -2.47. The van der Waals surface area contributed by atoms with E-state index in [1.165, 1.54) is 4.90 Å². The SMILES string of the molecule is COc1ccccc1C1(O)CCN(CCCCN2C(=O)CC3(CCCC3)CC2=O)CC1. The molecule has 0 unspecified atom stereocenters. The molecular weight excluding hydrogens is 392 g/mol. The number of rotatable bonds is 7. The quantitative estimate of drug-likeness (QED) is 0.532. The summed E-state index contributed by atoms with van der Waals surface area (Å²) < 4.78 is 5.44. The van der Waals surface area contributed by atoms with Crippen LogP contribution in [0.4, 0.5) is 0 Å². The second kappa shape index (κ2) is 9.29. The molecule has 170 valence electrons. The Morgan fingerprint density at radius 1 is 0.935 bits per heavy atom. The standard InChI is InChI=1S/C25H36N2O4/c1-31-21-9-3-2-8-20(21)25(30)12-16-26(17-13-25)14-6-7-15-27-22(28)18-24(19-23(27)29)10-4-5-11-24/h2-3,8-9,30H,4-7,10-19H2,1H3. The van der Waals surface area contributed by atoms with Crippen molar-refractivity contribution in [2.24, 2.45) is 5.41 Å². The third-order valence-electron chi connectivity index (χ3n) is 7.72. The zero-order chi connectivity index (χ0) is 21.9. The van der Waals surface area contributed by atoms with Gasteiger partial charge in [0.05, 0.1) is 12.7 Å². The number of imide groups is 1. The number of amides is 2. The first kappa shape index (κ1) is 22.3. The lowest BCUT2D eigenvalue weighted by Gasteiger charge is -2.39. The lowest BCUT2D eigenvalue weighted by molar-refractivity contribution is -0.153. The van der Waals surface area contributed by atoms with Gasteiger partial charge in [0, 0.05) is 38.0 Å². The monoisotopic (exact) mass is 428 g/mol. The van der Waals surface area contributed by atoms with Gasteiger partial charge in [-0.05, 0) is 56.6 Å². The van der Waals surface area contributed by atoms with Gasteiger partial charge in [-0.3, -0.25) is 14.5 Å². The number of nitrogens with zero attached hydrogens (tertiary/aromatic N) is 2. The van der Waals surface area contributed by atoms with E-state index in [1.54, 1.807) is 7.11 Å². The predicted octanol–water partition coefficient (Wildman–Crippen LogP) is 3.47. The maximum Gasteiger partial charge on any atom is 0.229 e. The highest BCUT2D eigenvalue weighted by Gasteiger charge is 2.44. The zero-order valence-corrected chi connectivity index (χ0v) is 18.8. The zero-order valence-electron chi connectivity index (χ0n) is 18.8. The molecule has 6 nitrogen and oxygen atoms in total. The van der Waals surface area contributed by atoms with Crippen molar-refractivity contribution in [3.05, 3.63) is 29.8 Å². The van der Waals surface area contributed by atoms with E-state index in [4.69, 9.17) is 4.74 Å².